The van der Waals surface area contributed by atoms with E-state index in [4.69, 9.17) is 15.6 Å². The maximum Gasteiger partial charge on any atom is 0.336 e. The molecule has 0 radical (unpaired) electrons. The maximum atomic E-state index is 12.6. The second-order valence-corrected chi connectivity index (χ2v) is 6.96. The van der Waals surface area contributed by atoms with Gasteiger partial charge in [-0.1, -0.05) is 30.3 Å². The summed E-state index contributed by atoms with van der Waals surface area (Å²) in [7, 11) is 0. The van der Waals surface area contributed by atoms with E-state index in [2.05, 4.69) is 16.0 Å². The number of carboxylic acids is 1. The summed E-state index contributed by atoms with van der Waals surface area (Å²) in [6.45, 7) is 2.90. The van der Waals surface area contributed by atoms with Gasteiger partial charge in [-0.3, -0.25) is 9.59 Å². The molecule has 29 heavy (non-hydrogen) atoms. The van der Waals surface area contributed by atoms with Crippen LogP contribution in [0.4, 0.5) is 0 Å². The summed E-state index contributed by atoms with van der Waals surface area (Å²) < 4.78 is 4.87. The first-order valence-corrected chi connectivity index (χ1v) is 9.94. The number of nitrogens with two attached hydrogens (primary N) is 1. The summed E-state index contributed by atoms with van der Waals surface area (Å²) in [6.07, 6.45) is 0.784. The third kappa shape index (κ3) is 8.18. The molecule has 9 heteroatoms. The number of benzene rings is 1. The Balaban J connectivity index is 1.80. The van der Waals surface area contributed by atoms with Crippen molar-refractivity contribution in [2.75, 3.05) is 26.2 Å². The molecule has 2 amide bonds. The monoisotopic (exact) mass is 406 g/mol. The summed E-state index contributed by atoms with van der Waals surface area (Å²) in [5.74, 6) is -2.07. The second-order valence-electron chi connectivity index (χ2n) is 6.96. The molecule has 1 fully saturated rings. The topological polar surface area (TPSA) is 146 Å². The molecule has 1 aliphatic heterocycles. The molecule has 160 valence electrons. The first-order valence-electron chi connectivity index (χ1n) is 9.94. The number of rotatable bonds is 14. The van der Waals surface area contributed by atoms with Crippen LogP contribution in [0.1, 0.15) is 24.8 Å². The highest BCUT2D eigenvalue weighted by Gasteiger charge is 2.51. The Morgan fingerprint density at radius 1 is 1.03 bits per heavy atom. The Bertz CT molecular complexity index is 670. The lowest BCUT2D eigenvalue weighted by Crippen LogP contribution is -2.49. The van der Waals surface area contributed by atoms with Crippen LogP contribution in [0.25, 0.3) is 0 Å². The third-order valence-corrected chi connectivity index (χ3v) is 4.55. The molecule has 1 aromatic rings. The lowest BCUT2D eigenvalue weighted by molar-refractivity contribution is -0.138. The molecule has 1 aliphatic rings. The smallest absolute Gasteiger partial charge is 0.336 e. The van der Waals surface area contributed by atoms with Crippen LogP contribution in [-0.4, -0.2) is 67.3 Å². The van der Waals surface area contributed by atoms with Crippen molar-refractivity contribution in [1.82, 2.24) is 16.0 Å². The van der Waals surface area contributed by atoms with E-state index in [1.165, 1.54) is 0 Å². The molecule has 0 spiro atoms. The molecule has 1 aromatic carbocycles. The van der Waals surface area contributed by atoms with Crippen molar-refractivity contribution in [3.63, 3.8) is 0 Å². The van der Waals surface area contributed by atoms with Crippen molar-refractivity contribution < 1.29 is 24.2 Å². The molecule has 2 rings (SSSR count). The van der Waals surface area contributed by atoms with Gasteiger partial charge >= 0.3 is 5.97 Å². The van der Waals surface area contributed by atoms with E-state index < -0.39 is 30.1 Å². The quantitative estimate of drug-likeness (QED) is 0.205. The van der Waals surface area contributed by atoms with Crippen LogP contribution >= 0.6 is 0 Å². The fourth-order valence-corrected chi connectivity index (χ4v) is 2.87. The van der Waals surface area contributed by atoms with Crippen LogP contribution in [0.5, 0.6) is 0 Å². The first-order chi connectivity index (χ1) is 14.0. The SMILES string of the molecule is NCCCNCCCCNC(=O)[C@H](Cc1ccccc1)NC(=O)C1OC1C(=O)O. The minimum Gasteiger partial charge on any atom is -0.479 e. The first kappa shape index (κ1) is 22.8. The van der Waals surface area contributed by atoms with Gasteiger partial charge in [0, 0.05) is 13.0 Å². The number of ether oxygens (including phenoxy) is 1. The molecule has 6 N–H and O–H groups in total. The number of carboxylic acid groups (broad SMARTS) is 1. The van der Waals surface area contributed by atoms with Crippen molar-refractivity contribution in [3.05, 3.63) is 35.9 Å². The van der Waals surface area contributed by atoms with E-state index in [0.717, 1.165) is 37.9 Å². The molecular formula is C20H30N4O5. The zero-order valence-electron chi connectivity index (χ0n) is 16.4. The van der Waals surface area contributed by atoms with Gasteiger partial charge in [-0.15, -0.1) is 0 Å². The van der Waals surface area contributed by atoms with Crippen molar-refractivity contribution in [2.24, 2.45) is 5.73 Å². The summed E-state index contributed by atoms with van der Waals surface area (Å²) >= 11 is 0. The average Bonchev–Trinajstić information content (AvgIpc) is 3.51. The standard InChI is InChI=1S/C20H30N4O5/c21-9-6-11-22-10-4-5-12-23-18(25)15(13-14-7-2-1-3-8-14)24-19(26)16-17(29-16)20(27)28/h1-3,7-8,15-17,22H,4-6,9-13,21H2,(H,23,25)(H,24,26)(H,27,28)/t15-,16?,17?/m0/s1. The zero-order chi connectivity index (χ0) is 21.1. The molecule has 1 saturated heterocycles. The number of amides is 2. The Labute approximate surface area is 170 Å². The minimum atomic E-state index is -1.19. The largest absolute Gasteiger partial charge is 0.479 e. The van der Waals surface area contributed by atoms with E-state index in [-0.39, 0.29) is 5.91 Å². The van der Waals surface area contributed by atoms with Gasteiger partial charge in [-0.2, -0.15) is 0 Å². The number of nitrogens with one attached hydrogen (secondary N) is 3. The molecular weight excluding hydrogens is 376 g/mol. The van der Waals surface area contributed by atoms with E-state index in [0.29, 0.717) is 19.5 Å². The molecule has 0 bridgehead atoms. The number of hydrogen-bond acceptors (Lipinski definition) is 6. The number of unbranched alkanes of at least 4 members (excludes halogenated alkanes) is 1. The lowest BCUT2D eigenvalue weighted by atomic mass is 10.0. The molecule has 1 heterocycles. The van der Waals surface area contributed by atoms with Gasteiger partial charge in [0.15, 0.2) is 12.2 Å². The summed E-state index contributed by atoms with van der Waals surface area (Å²) in [4.78, 5) is 35.7. The fourth-order valence-electron chi connectivity index (χ4n) is 2.87. The van der Waals surface area contributed by atoms with E-state index in [1.54, 1.807) is 0 Å². The van der Waals surface area contributed by atoms with E-state index >= 15 is 0 Å². The normalized spacial score (nSPS) is 18.7. The van der Waals surface area contributed by atoms with Crippen LogP contribution in [0.3, 0.4) is 0 Å². The van der Waals surface area contributed by atoms with Crippen molar-refractivity contribution in [3.8, 4) is 0 Å². The number of epoxide rings is 1. The molecule has 0 saturated carbocycles. The molecule has 0 aliphatic carbocycles. The third-order valence-electron chi connectivity index (χ3n) is 4.55. The van der Waals surface area contributed by atoms with Gasteiger partial charge in [0.2, 0.25) is 5.91 Å². The van der Waals surface area contributed by atoms with Crippen LogP contribution in [0.2, 0.25) is 0 Å². The van der Waals surface area contributed by atoms with Crippen LogP contribution in [0, 0.1) is 0 Å². The van der Waals surface area contributed by atoms with Gasteiger partial charge in [-0.25, -0.2) is 4.79 Å². The zero-order valence-corrected chi connectivity index (χ0v) is 16.4. The Morgan fingerprint density at radius 2 is 1.72 bits per heavy atom. The van der Waals surface area contributed by atoms with Gasteiger partial charge in [-0.05, 0) is 44.5 Å². The average molecular weight is 406 g/mol. The fraction of sp³-hybridized carbons (Fsp3) is 0.550. The number of hydrogen-bond donors (Lipinski definition) is 5. The Hall–Kier alpha value is -2.49. The number of carbonyl (C=O) groups excluding carboxylic acids is 2. The molecule has 3 atom stereocenters. The highest BCUT2D eigenvalue weighted by Crippen LogP contribution is 2.22. The maximum absolute atomic E-state index is 12.6. The Kier molecular flexibility index (Phi) is 9.55. The summed E-state index contributed by atoms with van der Waals surface area (Å²) in [5, 5.41) is 17.6. The van der Waals surface area contributed by atoms with Crippen LogP contribution in [0.15, 0.2) is 30.3 Å². The molecule has 9 nitrogen and oxygen atoms in total. The predicted octanol–water partition coefficient (Wildman–Crippen LogP) is -0.599. The predicted molar refractivity (Wildman–Crippen MR) is 107 cm³/mol. The van der Waals surface area contributed by atoms with Crippen molar-refractivity contribution in [2.45, 2.75) is 43.9 Å². The van der Waals surface area contributed by atoms with Gasteiger partial charge in [0.05, 0.1) is 0 Å². The number of carbonyl (C=O) groups is 3. The second kappa shape index (κ2) is 12.2. The van der Waals surface area contributed by atoms with E-state index in [9.17, 15) is 14.4 Å². The minimum absolute atomic E-state index is 0.300. The highest BCUT2D eigenvalue weighted by molar-refractivity contribution is 5.95. The number of aliphatic carboxylic acids is 1. The van der Waals surface area contributed by atoms with Gasteiger partial charge in [0.25, 0.3) is 5.91 Å². The van der Waals surface area contributed by atoms with Crippen molar-refractivity contribution in [1.29, 1.82) is 0 Å². The van der Waals surface area contributed by atoms with Crippen LogP contribution < -0.4 is 21.7 Å². The van der Waals surface area contributed by atoms with Gasteiger partial charge < -0.3 is 31.5 Å². The van der Waals surface area contributed by atoms with E-state index in [1.807, 2.05) is 30.3 Å². The summed E-state index contributed by atoms with van der Waals surface area (Å²) in [5.41, 5.74) is 6.32. The molecule has 0 aromatic heterocycles. The molecule has 2 unspecified atom stereocenters. The van der Waals surface area contributed by atoms with Gasteiger partial charge in [0.1, 0.15) is 6.04 Å². The Morgan fingerprint density at radius 3 is 2.38 bits per heavy atom. The summed E-state index contributed by atoms with van der Waals surface area (Å²) in [6, 6.07) is 8.52. The van der Waals surface area contributed by atoms with Crippen molar-refractivity contribution >= 4 is 17.8 Å². The van der Waals surface area contributed by atoms with Crippen LogP contribution in [-0.2, 0) is 25.5 Å². The lowest BCUT2D eigenvalue weighted by Gasteiger charge is -2.18. The highest BCUT2D eigenvalue weighted by atomic mass is 16.6.